The molecule has 1 aromatic heterocycles. The molecule has 2 aromatic rings. The van der Waals surface area contributed by atoms with Crippen LogP contribution in [0, 0.1) is 5.92 Å². The number of rotatable bonds is 6. The lowest BCUT2D eigenvalue weighted by molar-refractivity contribution is -0.115. The van der Waals surface area contributed by atoms with Crippen LogP contribution < -0.4 is 10.6 Å². The number of guanidine groups is 1. The van der Waals surface area contributed by atoms with Crippen LogP contribution in [0.1, 0.15) is 25.8 Å². The van der Waals surface area contributed by atoms with Crippen LogP contribution in [0.5, 0.6) is 0 Å². The molecule has 1 aromatic carbocycles. The van der Waals surface area contributed by atoms with Crippen LogP contribution >= 0.6 is 0 Å². The second-order valence-corrected chi connectivity index (χ2v) is 6.71. The first-order valence-corrected chi connectivity index (χ1v) is 8.62. The molecule has 0 radical (unpaired) electrons. The molecule has 3 rings (SSSR count). The maximum absolute atomic E-state index is 12.2. The average molecular weight is 353 g/mol. The zero-order valence-electron chi connectivity index (χ0n) is 15.2. The molecule has 0 unspecified atom stereocenters. The third-order valence-corrected chi connectivity index (χ3v) is 3.99. The van der Waals surface area contributed by atoms with Gasteiger partial charge in [-0.2, -0.15) is 0 Å². The smallest absolute Gasteiger partial charge is 0.276 e. The highest BCUT2D eigenvalue weighted by Gasteiger charge is 2.22. The predicted molar refractivity (Wildman–Crippen MR) is 101 cm³/mol. The van der Waals surface area contributed by atoms with E-state index in [-0.39, 0.29) is 11.9 Å². The van der Waals surface area contributed by atoms with Gasteiger partial charge in [0.25, 0.3) is 5.91 Å². The lowest BCUT2D eigenvalue weighted by atomic mass is 10.0. The highest BCUT2D eigenvalue weighted by Crippen LogP contribution is 2.17. The average Bonchev–Trinajstić information content (AvgIpc) is 2.93. The Bertz CT molecular complexity index is 860. The Kier molecular flexibility index (Phi) is 5.58. The quantitative estimate of drug-likeness (QED) is 0.777. The first-order valence-electron chi connectivity index (χ1n) is 8.62. The Labute approximate surface area is 152 Å². The molecule has 0 saturated carbocycles. The van der Waals surface area contributed by atoms with Gasteiger partial charge in [0.2, 0.25) is 5.96 Å². The van der Waals surface area contributed by atoms with Gasteiger partial charge in [-0.25, -0.2) is 15.0 Å². The summed E-state index contributed by atoms with van der Waals surface area (Å²) in [6.45, 7) is 4.85. The van der Waals surface area contributed by atoms with Gasteiger partial charge in [0.15, 0.2) is 0 Å². The number of fused-ring (bicyclic) bond motifs is 1. The fraction of sp³-hybridized carbons (Fsp3) is 0.368. The van der Waals surface area contributed by atoms with Crippen LogP contribution in [0.2, 0.25) is 0 Å². The highest BCUT2D eigenvalue weighted by molar-refractivity contribution is 6.13. The van der Waals surface area contributed by atoms with Crippen LogP contribution in [0.4, 0.5) is 0 Å². The number of amides is 1. The highest BCUT2D eigenvalue weighted by atomic mass is 16.5. The Morgan fingerprint density at radius 1 is 1.35 bits per heavy atom. The number of ether oxygens (including phenoxy) is 1. The van der Waals surface area contributed by atoms with E-state index >= 15 is 0 Å². The standard InChI is InChI=1S/C19H23N5O2/c1-12(2)6-15(10-26-3)22-19-23-17(18(25)24-19)8-13-4-5-16-14(7-13)9-20-11-21-16/h4-5,7-9,11-12,15H,6,10H2,1-3H3,(H2,22,23,24,25)/b17-8-/t15-/m1/s1. The second kappa shape index (κ2) is 8.05. The molecular weight excluding hydrogens is 330 g/mol. The summed E-state index contributed by atoms with van der Waals surface area (Å²) < 4.78 is 5.25. The van der Waals surface area contributed by atoms with Crippen LogP contribution in [0.15, 0.2) is 41.4 Å². The maximum atomic E-state index is 12.2. The zero-order valence-corrected chi connectivity index (χ0v) is 15.2. The monoisotopic (exact) mass is 353 g/mol. The minimum Gasteiger partial charge on any atom is -0.383 e. The molecule has 2 N–H and O–H groups in total. The second-order valence-electron chi connectivity index (χ2n) is 6.71. The molecule has 1 atom stereocenters. The minimum atomic E-state index is -0.224. The van der Waals surface area contributed by atoms with Crippen molar-refractivity contribution in [2.75, 3.05) is 13.7 Å². The summed E-state index contributed by atoms with van der Waals surface area (Å²) in [5.41, 5.74) is 2.10. The van der Waals surface area contributed by atoms with Crippen LogP contribution in [0.25, 0.3) is 17.0 Å². The van der Waals surface area contributed by atoms with E-state index in [0.29, 0.717) is 24.2 Å². The van der Waals surface area contributed by atoms with Crippen molar-refractivity contribution in [2.45, 2.75) is 26.3 Å². The van der Waals surface area contributed by atoms with Crippen LogP contribution in [-0.4, -0.2) is 41.6 Å². The van der Waals surface area contributed by atoms with E-state index in [2.05, 4.69) is 39.4 Å². The van der Waals surface area contributed by atoms with Crippen molar-refractivity contribution in [3.63, 3.8) is 0 Å². The molecule has 7 heteroatoms. The van der Waals surface area contributed by atoms with E-state index in [9.17, 15) is 4.79 Å². The van der Waals surface area contributed by atoms with Gasteiger partial charge in [0, 0.05) is 18.7 Å². The summed E-state index contributed by atoms with van der Waals surface area (Å²) in [5.74, 6) is 0.751. The molecule has 1 amide bonds. The van der Waals surface area contributed by atoms with Crippen molar-refractivity contribution in [2.24, 2.45) is 10.9 Å². The summed E-state index contributed by atoms with van der Waals surface area (Å²) in [7, 11) is 1.67. The molecule has 0 spiro atoms. The third kappa shape index (κ3) is 4.43. The van der Waals surface area contributed by atoms with Crippen LogP contribution in [0.3, 0.4) is 0 Å². The van der Waals surface area contributed by atoms with Gasteiger partial charge in [-0.3, -0.25) is 10.1 Å². The Morgan fingerprint density at radius 3 is 2.96 bits per heavy atom. The minimum absolute atomic E-state index is 0.0937. The van der Waals surface area contributed by atoms with E-state index in [4.69, 9.17) is 4.74 Å². The summed E-state index contributed by atoms with van der Waals surface area (Å²) in [4.78, 5) is 24.8. The number of nitrogens with zero attached hydrogens (tertiary/aromatic N) is 3. The Morgan fingerprint density at radius 2 is 2.19 bits per heavy atom. The molecule has 26 heavy (non-hydrogen) atoms. The van der Waals surface area contributed by atoms with Gasteiger partial charge >= 0.3 is 0 Å². The molecular formula is C19H23N5O2. The largest absolute Gasteiger partial charge is 0.383 e. The third-order valence-electron chi connectivity index (χ3n) is 3.99. The topological polar surface area (TPSA) is 88.5 Å². The van der Waals surface area contributed by atoms with Crippen LogP contribution in [-0.2, 0) is 9.53 Å². The molecule has 0 bridgehead atoms. The van der Waals surface area contributed by atoms with E-state index in [0.717, 1.165) is 22.9 Å². The summed E-state index contributed by atoms with van der Waals surface area (Å²) in [6.07, 6.45) is 5.94. The summed E-state index contributed by atoms with van der Waals surface area (Å²) in [5, 5.41) is 6.95. The number of hydrogen-bond donors (Lipinski definition) is 2. The molecule has 0 fully saturated rings. The van der Waals surface area contributed by atoms with Gasteiger partial charge < -0.3 is 10.1 Å². The van der Waals surface area contributed by atoms with Gasteiger partial charge in [0.05, 0.1) is 18.2 Å². The lowest BCUT2D eigenvalue weighted by Crippen LogP contribution is -2.45. The van der Waals surface area contributed by atoms with E-state index in [1.807, 2.05) is 18.2 Å². The van der Waals surface area contributed by atoms with Gasteiger partial charge in [-0.15, -0.1) is 0 Å². The van der Waals surface area contributed by atoms with E-state index < -0.39 is 0 Å². The number of benzene rings is 1. The molecule has 0 aliphatic carbocycles. The molecule has 1 aliphatic heterocycles. The van der Waals surface area contributed by atoms with Gasteiger partial charge in [0.1, 0.15) is 12.0 Å². The molecule has 2 heterocycles. The Hall–Kier alpha value is -2.80. The van der Waals surface area contributed by atoms with Crippen molar-refractivity contribution in [1.82, 2.24) is 20.6 Å². The number of hydrogen-bond acceptors (Lipinski definition) is 6. The number of aliphatic imine (C=N–C) groups is 1. The fourth-order valence-corrected chi connectivity index (χ4v) is 2.92. The lowest BCUT2D eigenvalue weighted by Gasteiger charge is -2.20. The van der Waals surface area contributed by atoms with Gasteiger partial charge in [-0.1, -0.05) is 19.9 Å². The first-order chi connectivity index (χ1) is 12.5. The fourth-order valence-electron chi connectivity index (χ4n) is 2.92. The number of aromatic nitrogens is 2. The normalized spacial score (nSPS) is 16.8. The first kappa shape index (κ1) is 18.0. The van der Waals surface area contributed by atoms with Crippen molar-refractivity contribution in [3.8, 4) is 0 Å². The van der Waals surface area contributed by atoms with Gasteiger partial charge in [-0.05, 0) is 36.1 Å². The van der Waals surface area contributed by atoms with E-state index in [1.54, 1.807) is 19.4 Å². The summed E-state index contributed by atoms with van der Waals surface area (Å²) >= 11 is 0. The molecule has 7 nitrogen and oxygen atoms in total. The molecule has 0 saturated heterocycles. The van der Waals surface area contributed by atoms with Crippen molar-refractivity contribution in [1.29, 1.82) is 0 Å². The van der Waals surface area contributed by atoms with Crippen molar-refractivity contribution < 1.29 is 9.53 Å². The Balaban J connectivity index is 1.78. The number of nitrogens with one attached hydrogen (secondary N) is 2. The number of methoxy groups -OCH3 is 1. The molecule has 1 aliphatic rings. The number of carbonyl (C=O) groups excluding carboxylic acids is 1. The molecule has 136 valence electrons. The zero-order chi connectivity index (χ0) is 18.5. The van der Waals surface area contributed by atoms with E-state index in [1.165, 1.54) is 6.33 Å². The van der Waals surface area contributed by atoms with Crippen molar-refractivity contribution >= 4 is 28.8 Å². The summed E-state index contributed by atoms with van der Waals surface area (Å²) in [6, 6.07) is 5.83. The van der Waals surface area contributed by atoms with Crippen molar-refractivity contribution in [3.05, 3.63) is 42.0 Å². The predicted octanol–water partition coefficient (Wildman–Crippen LogP) is 2.11. The maximum Gasteiger partial charge on any atom is 0.276 e. The number of carbonyl (C=O) groups is 1. The SMILES string of the molecule is COC[C@@H](CC(C)C)NC1=N/C(=C\c2ccc3ncncc3c2)C(=O)N1.